The second-order valence-corrected chi connectivity index (χ2v) is 6.76. The van der Waals surface area contributed by atoms with Gasteiger partial charge in [0, 0.05) is 11.3 Å². The van der Waals surface area contributed by atoms with Crippen LogP contribution in [0.5, 0.6) is 0 Å². The molecule has 0 saturated carbocycles. The van der Waals surface area contributed by atoms with Crippen molar-refractivity contribution in [3.8, 4) is 0 Å². The Balaban J connectivity index is 3.01. The topological polar surface area (TPSA) is 67.0 Å². The summed E-state index contributed by atoms with van der Waals surface area (Å²) in [4.78, 5) is 38.3. The highest BCUT2D eigenvalue weighted by molar-refractivity contribution is 8.01. The molecule has 110 valence electrons. The SMILES string of the molecule is CC(=O)c1c(C)[nH]c(C(=O)[C@@H](C)S[C@@H](C)C(C)=O)c1C. The highest BCUT2D eigenvalue weighted by Crippen LogP contribution is 2.25. The van der Waals surface area contributed by atoms with E-state index >= 15 is 0 Å². The van der Waals surface area contributed by atoms with Crippen molar-refractivity contribution in [1.82, 2.24) is 4.98 Å². The average molecular weight is 295 g/mol. The van der Waals surface area contributed by atoms with Crippen molar-refractivity contribution in [1.29, 1.82) is 0 Å². The van der Waals surface area contributed by atoms with Gasteiger partial charge in [0.2, 0.25) is 0 Å². The summed E-state index contributed by atoms with van der Waals surface area (Å²) in [6, 6.07) is 0. The molecule has 0 radical (unpaired) electrons. The Kier molecular flexibility index (Phi) is 5.34. The summed E-state index contributed by atoms with van der Waals surface area (Å²) in [7, 11) is 0. The molecular formula is C15H21NO3S. The number of ketones is 3. The van der Waals surface area contributed by atoms with Crippen LogP contribution < -0.4 is 0 Å². The predicted molar refractivity (Wildman–Crippen MR) is 81.8 cm³/mol. The number of hydrogen-bond acceptors (Lipinski definition) is 4. The maximum atomic E-state index is 12.4. The number of nitrogens with one attached hydrogen (secondary N) is 1. The number of aryl methyl sites for hydroxylation is 1. The number of rotatable bonds is 6. The first-order valence-electron chi connectivity index (χ1n) is 6.57. The molecule has 20 heavy (non-hydrogen) atoms. The first-order chi connectivity index (χ1) is 9.16. The van der Waals surface area contributed by atoms with E-state index in [0.29, 0.717) is 16.8 Å². The lowest BCUT2D eigenvalue weighted by molar-refractivity contribution is -0.116. The van der Waals surface area contributed by atoms with Gasteiger partial charge < -0.3 is 4.98 Å². The molecular weight excluding hydrogens is 274 g/mol. The summed E-state index contributed by atoms with van der Waals surface area (Å²) in [6.45, 7) is 10.2. The van der Waals surface area contributed by atoms with Crippen molar-refractivity contribution in [3.63, 3.8) is 0 Å². The van der Waals surface area contributed by atoms with E-state index < -0.39 is 0 Å². The molecule has 0 aliphatic carbocycles. The number of carbonyl (C=O) groups excluding carboxylic acids is 3. The van der Waals surface area contributed by atoms with Crippen LogP contribution in [0.1, 0.15) is 59.8 Å². The van der Waals surface area contributed by atoms with Crippen LogP contribution in [0, 0.1) is 13.8 Å². The minimum atomic E-state index is -0.328. The van der Waals surface area contributed by atoms with Crippen molar-refractivity contribution in [2.24, 2.45) is 0 Å². The van der Waals surface area contributed by atoms with Gasteiger partial charge in [0.1, 0.15) is 5.78 Å². The summed E-state index contributed by atoms with van der Waals surface area (Å²) >= 11 is 1.34. The monoisotopic (exact) mass is 295 g/mol. The Morgan fingerprint density at radius 2 is 1.60 bits per heavy atom. The smallest absolute Gasteiger partial charge is 0.191 e. The number of hydrogen-bond donors (Lipinski definition) is 1. The Morgan fingerprint density at radius 3 is 2.00 bits per heavy atom. The quantitative estimate of drug-likeness (QED) is 0.819. The van der Waals surface area contributed by atoms with Gasteiger partial charge in [-0.25, -0.2) is 0 Å². The normalized spacial score (nSPS) is 13.9. The highest BCUT2D eigenvalue weighted by atomic mass is 32.2. The minimum Gasteiger partial charge on any atom is -0.355 e. The van der Waals surface area contributed by atoms with Gasteiger partial charge in [-0.3, -0.25) is 14.4 Å². The van der Waals surface area contributed by atoms with Crippen molar-refractivity contribution >= 4 is 29.1 Å². The second-order valence-electron chi connectivity index (χ2n) is 5.08. The molecule has 0 bridgehead atoms. The highest BCUT2D eigenvalue weighted by Gasteiger charge is 2.25. The predicted octanol–water partition coefficient (Wildman–Crippen LogP) is 3.12. The molecule has 0 fully saturated rings. The van der Waals surface area contributed by atoms with E-state index in [1.807, 2.05) is 0 Å². The van der Waals surface area contributed by atoms with E-state index in [-0.39, 0.29) is 27.8 Å². The van der Waals surface area contributed by atoms with E-state index in [1.54, 1.807) is 27.7 Å². The first-order valence-corrected chi connectivity index (χ1v) is 7.51. The zero-order chi connectivity index (χ0) is 15.6. The summed E-state index contributed by atoms with van der Waals surface area (Å²) in [5.41, 5.74) is 2.48. The molecule has 0 spiro atoms. The molecule has 1 N–H and O–H groups in total. The van der Waals surface area contributed by atoms with Crippen LogP contribution in [0.4, 0.5) is 0 Å². The molecule has 1 rings (SSSR count). The zero-order valence-electron chi connectivity index (χ0n) is 12.8. The number of aromatic nitrogens is 1. The average Bonchev–Trinajstić information content (AvgIpc) is 2.63. The number of Topliss-reactive ketones (excluding diaryl/α,β-unsaturated/α-hetero) is 3. The number of aromatic amines is 1. The molecule has 5 heteroatoms. The fraction of sp³-hybridized carbons (Fsp3) is 0.533. The van der Waals surface area contributed by atoms with Gasteiger partial charge in [0.05, 0.1) is 16.2 Å². The number of carbonyl (C=O) groups is 3. The molecule has 1 heterocycles. The van der Waals surface area contributed by atoms with Gasteiger partial charge in [-0.05, 0) is 47.1 Å². The molecule has 1 aromatic rings. The Bertz CT molecular complexity index is 560. The molecule has 4 nitrogen and oxygen atoms in total. The lowest BCUT2D eigenvalue weighted by Gasteiger charge is -2.13. The Hall–Kier alpha value is -1.36. The van der Waals surface area contributed by atoms with Gasteiger partial charge in [-0.2, -0.15) is 0 Å². The van der Waals surface area contributed by atoms with Crippen LogP contribution >= 0.6 is 11.8 Å². The van der Waals surface area contributed by atoms with Crippen LogP contribution in [0.25, 0.3) is 0 Å². The van der Waals surface area contributed by atoms with Gasteiger partial charge in [0.25, 0.3) is 0 Å². The third-order valence-corrected chi connectivity index (χ3v) is 4.75. The maximum Gasteiger partial charge on any atom is 0.191 e. The molecule has 0 aromatic carbocycles. The molecule has 2 atom stereocenters. The standard InChI is InChI=1S/C15H21NO3S/c1-7-13(10(4)18)8(2)16-14(7)15(19)12(6)20-11(5)9(3)17/h11-12,16H,1-6H3/t11-,12+/m0/s1. The molecule has 0 amide bonds. The summed E-state index contributed by atoms with van der Waals surface area (Å²) in [5, 5.41) is -0.539. The van der Waals surface area contributed by atoms with E-state index in [2.05, 4.69) is 4.98 Å². The Labute approximate surface area is 123 Å². The molecule has 0 aliphatic rings. The molecule has 0 saturated heterocycles. The second kappa shape index (κ2) is 6.39. The minimum absolute atomic E-state index is 0.0484. The van der Waals surface area contributed by atoms with E-state index in [9.17, 15) is 14.4 Å². The maximum absolute atomic E-state index is 12.4. The van der Waals surface area contributed by atoms with E-state index in [0.717, 1.165) is 5.69 Å². The van der Waals surface area contributed by atoms with E-state index in [1.165, 1.54) is 25.6 Å². The molecule has 0 unspecified atom stereocenters. The molecule has 0 aliphatic heterocycles. The van der Waals surface area contributed by atoms with Crippen molar-refractivity contribution in [2.45, 2.75) is 52.0 Å². The number of H-pyrrole nitrogens is 1. The molecule has 1 aromatic heterocycles. The fourth-order valence-electron chi connectivity index (χ4n) is 2.19. The lowest BCUT2D eigenvalue weighted by Crippen LogP contribution is -2.21. The van der Waals surface area contributed by atoms with Gasteiger partial charge in [-0.1, -0.05) is 0 Å². The van der Waals surface area contributed by atoms with Crippen LogP contribution in [-0.2, 0) is 4.79 Å². The first kappa shape index (κ1) is 16.7. The fourth-order valence-corrected chi connectivity index (χ4v) is 3.24. The summed E-state index contributed by atoms with van der Waals surface area (Å²) in [5.74, 6) is -0.0672. The zero-order valence-corrected chi connectivity index (χ0v) is 13.6. The van der Waals surface area contributed by atoms with Crippen LogP contribution in [0.15, 0.2) is 0 Å². The number of thioether (sulfide) groups is 1. The van der Waals surface area contributed by atoms with Gasteiger partial charge in [-0.15, -0.1) is 11.8 Å². The van der Waals surface area contributed by atoms with Gasteiger partial charge in [0.15, 0.2) is 11.6 Å². The van der Waals surface area contributed by atoms with Crippen molar-refractivity contribution < 1.29 is 14.4 Å². The van der Waals surface area contributed by atoms with Crippen LogP contribution in [0.2, 0.25) is 0 Å². The van der Waals surface area contributed by atoms with Gasteiger partial charge >= 0.3 is 0 Å². The lowest BCUT2D eigenvalue weighted by atomic mass is 10.0. The van der Waals surface area contributed by atoms with Crippen LogP contribution in [-0.4, -0.2) is 32.8 Å². The Morgan fingerprint density at radius 1 is 1.05 bits per heavy atom. The third kappa shape index (κ3) is 3.39. The van der Waals surface area contributed by atoms with Crippen LogP contribution in [0.3, 0.4) is 0 Å². The summed E-state index contributed by atoms with van der Waals surface area (Å²) in [6.07, 6.45) is 0. The summed E-state index contributed by atoms with van der Waals surface area (Å²) < 4.78 is 0. The largest absolute Gasteiger partial charge is 0.355 e. The van der Waals surface area contributed by atoms with E-state index in [4.69, 9.17) is 0 Å². The van der Waals surface area contributed by atoms with Crippen molar-refractivity contribution in [2.75, 3.05) is 0 Å². The van der Waals surface area contributed by atoms with Crippen molar-refractivity contribution in [3.05, 3.63) is 22.5 Å². The third-order valence-electron chi connectivity index (χ3n) is 3.39.